The zero-order chi connectivity index (χ0) is 14.1. The lowest BCUT2D eigenvalue weighted by Crippen LogP contribution is -2.19. The maximum absolute atomic E-state index is 11.7. The number of amides is 1. The number of ether oxygens (including phenoxy) is 2. The van der Waals surface area contributed by atoms with E-state index >= 15 is 0 Å². The van der Waals surface area contributed by atoms with Crippen molar-refractivity contribution < 1.29 is 14.3 Å². The van der Waals surface area contributed by atoms with Gasteiger partial charge in [0.05, 0.1) is 25.7 Å². The summed E-state index contributed by atoms with van der Waals surface area (Å²) in [5.74, 6) is -0.0647. The first-order valence-corrected chi connectivity index (χ1v) is 6.35. The highest BCUT2D eigenvalue weighted by atomic mass is 16.5. The van der Waals surface area contributed by atoms with Crippen molar-refractivity contribution in [2.24, 2.45) is 5.73 Å². The number of nitrogens with one attached hydrogen (secondary N) is 1. The van der Waals surface area contributed by atoms with Crippen LogP contribution in [0.4, 0.5) is 5.69 Å². The molecular weight excluding hydrogens is 244 g/mol. The molecule has 0 aliphatic heterocycles. The molecule has 5 heteroatoms. The lowest BCUT2D eigenvalue weighted by Gasteiger charge is -2.11. The zero-order valence-corrected chi connectivity index (χ0v) is 11.5. The normalized spacial score (nSPS) is 12.2. The molecule has 106 valence electrons. The highest BCUT2D eigenvalue weighted by molar-refractivity contribution is 5.90. The summed E-state index contributed by atoms with van der Waals surface area (Å²) in [6, 6.07) is 7.47. The maximum atomic E-state index is 11.7. The molecule has 0 saturated heterocycles. The number of nitrogens with two attached hydrogens (primary N) is 1. The average molecular weight is 266 g/mol. The van der Waals surface area contributed by atoms with Gasteiger partial charge in [0.1, 0.15) is 0 Å². The van der Waals surface area contributed by atoms with E-state index in [1.807, 2.05) is 31.2 Å². The zero-order valence-electron chi connectivity index (χ0n) is 11.5. The van der Waals surface area contributed by atoms with Gasteiger partial charge in [-0.15, -0.1) is 0 Å². The van der Waals surface area contributed by atoms with E-state index in [0.717, 1.165) is 11.3 Å². The van der Waals surface area contributed by atoms with Crippen molar-refractivity contribution in [3.63, 3.8) is 0 Å². The Morgan fingerprint density at radius 2 is 2.05 bits per heavy atom. The summed E-state index contributed by atoms with van der Waals surface area (Å²) >= 11 is 0. The molecule has 0 aromatic heterocycles. The summed E-state index contributed by atoms with van der Waals surface area (Å²) in [6.45, 7) is 3.33. The molecule has 1 unspecified atom stereocenters. The van der Waals surface area contributed by atoms with Crippen LogP contribution >= 0.6 is 0 Å². The molecule has 0 aliphatic carbocycles. The van der Waals surface area contributed by atoms with Gasteiger partial charge < -0.3 is 20.5 Å². The molecule has 0 heterocycles. The molecular formula is C14H22N2O3. The lowest BCUT2D eigenvalue weighted by atomic mass is 10.2. The third kappa shape index (κ3) is 6.33. The van der Waals surface area contributed by atoms with Gasteiger partial charge in [0.25, 0.3) is 0 Å². The second-order valence-corrected chi connectivity index (χ2v) is 4.34. The Bertz CT molecular complexity index is 379. The van der Waals surface area contributed by atoms with Gasteiger partial charge in [-0.3, -0.25) is 4.79 Å². The van der Waals surface area contributed by atoms with Crippen molar-refractivity contribution in [1.29, 1.82) is 0 Å². The Morgan fingerprint density at radius 1 is 1.37 bits per heavy atom. The van der Waals surface area contributed by atoms with Gasteiger partial charge in [0.15, 0.2) is 0 Å². The highest BCUT2D eigenvalue weighted by Crippen LogP contribution is 2.09. The Morgan fingerprint density at radius 3 is 2.63 bits per heavy atom. The fourth-order valence-electron chi connectivity index (χ4n) is 1.58. The lowest BCUT2D eigenvalue weighted by molar-refractivity contribution is -0.117. The van der Waals surface area contributed by atoms with Gasteiger partial charge in [-0.1, -0.05) is 12.1 Å². The first-order valence-electron chi connectivity index (χ1n) is 6.35. The Balaban J connectivity index is 2.26. The molecule has 1 aromatic carbocycles. The number of rotatable bonds is 8. The third-order valence-corrected chi connectivity index (χ3v) is 2.61. The standard InChI is InChI=1S/C14H22N2O3/c1-11(10-18-2)19-8-7-14(17)16-13-5-3-12(9-15)4-6-13/h3-6,11H,7-10,15H2,1-2H3,(H,16,17). The van der Waals surface area contributed by atoms with Crippen molar-refractivity contribution in [3.8, 4) is 0 Å². The summed E-state index contributed by atoms with van der Waals surface area (Å²) in [6.07, 6.45) is 0.328. The van der Waals surface area contributed by atoms with Gasteiger partial charge in [-0.2, -0.15) is 0 Å². The number of methoxy groups -OCH3 is 1. The topological polar surface area (TPSA) is 73.6 Å². The molecule has 0 spiro atoms. The molecule has 0 aliphatic rings. The van der Waals surface area contributed by atoms with E-state index in [1.165, 1.54) is 0 Å². The van der Waals surface area contributed by atoms with E-state index in [-0.39, 0.29) is 12.0 Å². The van der Waals surface area contributed by atoms with Crippen LogP contribution in [0.15, 0.2) is 24.3 Å². The van der Waals surface area contributed by atoms with Crippen LogP contribution in [0, 0.1) is 0 Å². The van der Waals surface area contributed by atoms with Crippen molar-refractivity contribution in [2.75, 3.05) is 25.6 Å². The minimum Gasteiger partial charge on any atom is -0.382 e. The van der Waals surface area contributed by atoms with Crippen LogP contribution in [0.1, 0.15) is 18.9 Å². The van der Waals surface area contributed by atoms with Crippen LogP contribution < -0.4 is 11.1 Å². The molecule has 0 radical (unpaired) electrons. The molecule has 3 N–H and O–H groups in total. The summed E-state index contributed by atoms with van der Waals surface area (Å²) in [5, 5.41) is 2.81. The molecule has 0 bridgehead atoms. The molecule has 1 rings (SSSR count). The molecule has 0 saturated carbocycles. The molecule has 0 fully saturated rings. The van der Waals surface area contributed by atoms with Crippen LogP contribution in [0.2, 0.25) is 0 Å². The minimum absolute atomic E-state index is 0.00152. The smallest absolute Gasteiger partial charge is 0.226 e. The number of carbonyl (C=O) groups is 1. The monoisotopic (exact) mass is 266 g/mol. The van der Waals surface area contributed by atoms with Gasteiger partial charge in [0.2, 0.25) is 5.91 Å². The van der Waals surface area contributed by atoms with E-state index in [4.69, 9.17) is 15.2 Å². The van der Waals surface area contributed by atoms with Crippen molar-refractivity contribution in [1.82, 2.24) is 0 Å². The number of benzene rings is 1. The van der Waals surface area contributed by atoms with Gasteiger partial charge in [0, 0.05) is 19.3 Å². The van der Waals surface area contributed by atoms with E-state index < -0.39 is 0 Å². The van der Waals surface area contributed by atoms with Gasteiger partial charge >= 0.3 is 0 Å². The van der Waals surface area contributed by atoms with Crippen LogP contribution in [0.25, 0.3) is 0 Å². The van der Waals surface area contributed by atoms with Crippen LogP contribution in [-0.4, -0.2) is 32.3 Å². The van der Waals surface area contributed by atoms with Gasteiger partial charge in [-0.05, 0) is 24.6 Å². The first kappa shape index (κ1) is 15.6. The Labute approximate surface area is 114 Å². The SMILES string of the molecule is COCC(C)OCCC(=O)Nc1ccc(CN)cc1. The van der Waals surface area contributed by atoms with E-state index in [2.05, 4.69) is 5.32 Å². The summed E-state index contributed by atoms with van der Waals surface area (Å²) in [4.78, 5) is 11.7. The molecule has 5 nitrogen and oxygen atoms in total. The third-order valence-electron chi connectivity index (χ3n) is 2.61. The van der Waals surface area contributed by atoms with E-state index in [1.54, 1.807) is 7.11 Å². The summed E-state index contributed by atoms with van der Waals surface area (Å²) in [7, 11) is 1.62. The molecule has 19 heavy (non-hydrogen) atoms. The number of hydrogen-bond acceptors (Lipinski definition) is 4. The number of hydrogen-bond donors (Lipinski definition) is 2. The van der Waals surface area contributed by atoms with Crippen molar-refractivity contribution >= 4 is 11.6 Å². The summed E-state index contributed by atoms with van der Waals surface area (Å²) in [5.41, 5.74) is 7.31. The van der Waals surface area contributed by atoms with Crippen LogP contribution in [-0.2, 0) is 20.8 Å². The average Bonchev–Trinajstić information content (AvgIpc) is 2.40. The summed E-state index contributed by atoms with van der Waals surface area (Å²) < 4.78 is 10.4. The highest BCUT2D eigenvalue weighted by Gasteiger charge is 2.05. The second-order valence-electron chi connectivity index (χ2n) is 4.34. The predicted molar refractivity (Wildman–Crippen MR) is 74.9 cm³/mol. The minimum atomic E-state index is -0.0647. The molecule has 1 aromatic rings. The van der Waals surface area contributed by atoms with Crippen molar-refractivity contribution in [2.45, 2.75) is 26.0 Å². The predicted octanol–water partition coefficient (Wildman–Crippen LogP) is 1.53. The van der Waals surface area contributed by atoms with Gasteiger partial charge in [-0.25, -0.2) is 0 Å². The number of anilines is 1. The van der Waals surface area contributed by atoms with Crippen molar-refractivity contribution in [3.05, 3.63) is 29.8 Å². The second kappa shape index (κ2) is 8.63. The number of carbonyl (C=O) groups excluding carboxylic acids is 1. The van der Waals surface area contributed by atoms with Crippen LogP contribution in [0.5, 0.6) is 0 Å². The molecule has 1 amide bonds. The fourth-order valence-corrected chi connectivity index (χ4v) is 1.58. The fraction of sp³-hybridized carbons (Fsp3) is 0.500. The first-order chi connectivity index (χ1) is 9.15. The van der Waals surface area contributed by atoms with E-state index in [9.17, 15) is 4.79 Å². The Hall–Kier alpha value is -1.43. The molecule has 1 atom stereocenters. The van der Waals surface area contributed by atoms with Crippen LogP contribution in [0.3, 0.4) is 0 Å². The quantitative estimate of drug-likeness (QED) is 0.748. The largest absolute Gasteiger partial charge is 0.382 e. The Kier molecular flexibility index (Phi) is 7.10. The maximum Gasteiger partial charge on any atom is 0.226 e. The van der Waals surface area contributed by atoms with E-state index in [0.29, 0.717) is 26.2 Å².